The van der Waals surface area contributed by atoms with E-state index in [0.29, 0.717) is 4.47 Å². The summed E-state index contributed by atoms with van der Waals surface area (Å²) in [4.78, 5) is 14.6. The maximum atomic E-state index is 11.0. The molecule has 6 nitrogen and oxygen atoms in total. The molecule has 7 heteroatoms. The molecule has 2 aromatic rings. The molecule has 0 unspecified atom stereocenters. The Kier molecular flexibility index (Phi) is 3.42. The average molecular weight is 311 g/mol. The molecule has 0 saturated carbocycles. The van der Waals surface area contributed by atoms with Gasteiger partial charge in [-0.1, -0.05) is 13.8 Å². The van der Waals surface area contributed by atoms with Crippen molar-refractivity contribution < 1.29 is 4.92 Å². The van der Waals surface area contributed by atoms with E-state index in [1.807, 2.05) is 19.9 Å². The van der Waals surface area contributed by atoms with Gasteiger partial charge in [-0.25, -0.2) is 9.67 Å². The highest BCUT2D eigenvalue weighted by molar-refractivity contribution is 9.10. The lowest BCUT2D eigenvalue weighted by Gasteiger charge is -2.03. The lowest BCUT2D eigenvalue weighted by molar-refractivity contribution is -0.385. The number of rotatable bonds is 3. The Morgan fingerprint density at radius 3 is 2.78 bits per heavy atom. The van der Waals surface area contributed by atoms with E-state index in [0.717, 1.165) is 5.69 Å². The SMILES string of the molecule is CC(C)c1ccn(-c2ncc(Br)cc2[N+](=O)[O-])n1. The Hall–Kier alpha value is -1.76. The highest BCUT2D eigenvalue weighted by Gasteiger charge is 2.18. The summed E-state index contributed by atoms with van der Waals surface area (Å²) in [6, 6.07) is 3.25. The highest BCUT2D eigenvalue weighted by atomic mass is 79.9. The zero-order valence-corrected chi connectivity index (χ0v) is 11.5. The summed E-state index contributed by atoms with van der Waals surface area (Å²) in [6.07, 6.45) is 3.19. The number of hydrogen-bond donors (Lipinski definition) is 0. The molecule has 0 fully saturated rings. The molecule has 2 rings (SSSR count). The Labute approximate surface area is 112 Å². The minimum Gasteiger partial charge on any atom is -0.258 e. The van der Waals surface area contributed by atoms with E-state index >= 15 is 0 Å². The maximum Gasteiger partial charge on any atom is 0.314 e. The molecule has 0 amide bonds. The van der Waals surface area contributed by atoms with Crippen molar-refractivity contribution >= 4 is 21.6 Å². The van der Waals surface area contributed by atoms with Crippen molar-refractivity contribution in [2.45, 2.75) is 19.8 Å². The second-order valence-electron chi connectivity index (χ2n) is 4.09. The monoisotopic (exact) mass is 310 g/mol. The molecule has 0 aliphatic carbocycles. The van der Waals surface area contributed by atoms with Gasteiger partial charge >= 0.3 is 5.69 Å². The molecule has 94 valence electrons. The van der Waals surface area contributed by atoms with Gasteiger partial charge in [-0.15, -0.1) is 0 Å². The van der Waals surface area contributed by atoms with Crippen molar-refractivity contribution in [3.05, 3.63) is 44.8 Å². The van der Waals surface area contributed by atoms with Gasteiger partial charge in [0, 0.05) is 22.9 Å². The second kappa shape index (κ2) is 4.85. The fraction of sp³-hybridized carbons (Fsp3) is 0.273. The van der Waals surface area contributed by atoms with E-state index < -0.39 is 4.92 Å². The van der Waals surface area contributed by atoms with E-state index in [1.165, 1.54) is 16.9 Å². The highest BCUT2D eigenvalue weighted by Crippen LogP contribution is 2.24. The third-order valence-corrected chi connectivity index (χ3v) is 2.86. The second-order valence-corrected chi connectivity index (χ2v) is 5.01. The largest absolute Gasteiger partial charge is 0.314 e. The van der Waals surface area contributed by atoms with Crippen LogP contribution in [0.15, 0.2) is 29.0 Å². The molecular weight excluding hydrogens is 300 g/mol. The number of aromatic nitrogens is 3. The van der Waals surface area contributed by atoms with E-state index in [2.05, 4.69) is 26.0 Å². The molecular formula is C11H11BrN4O2. The van der Waals surface area contributed by atoms with Gasteiger partial charge in [0.15, 0.2) is 0 Å². The zero-order valence-electron chi connectivity index (χ0n) is 9.87. The lowest BCUT2D eigenvalue weighted by atomic mass is 10.1. The molecule has 0 radical (unpaired) electrons. The number of nitro groups is 1. The normalized spacial score (nSPS) is 10.9. The molecule has 2 aromatic heterocycles. The molecule has 18 heavy (non-hydrogen) atoms. The van der Waals surface area contributed by atoms with Crippen LogP contribution in [0, 0.1) is 10.1 Å². The van der Waals surface area contributed by atoms with Crippen LogP contribution in [0.1, 0.15) is 25.5 Å². The Bertz CT molecular complexity index is 594. The molecule has 0 atom stereocenters. The van der Waals surface area contributed by atoms with Gasteiger partial charge in [0.2, 0.25) is 5.82 Å². The minimum absolute atomic E-state index is 0.0808. The van der Waals surface area contributed by atoms with E-state index in [-0.39, 0.29) is 17.4 Å². The van der Waals surface area contributed by atoms with Gasteiger partial charge in [0.05, 0.1) is 10.6 Å². The fourth-order valence-electron chi connectivity index (χ4n) is 1.50. The average Bonchev–Trinajstić information content (AvgIpc) is 2.78. The molecule has 0 saturated heterocycles. The van der Waals surface area contributed by atoms with Crippen molar-refractivity contribution in [2.75, 3.05) is 0 Å². The maximum absolute atomic E-state index is 11.0. The van der Waals surface area contributed by atoms with Gasteiger partial charge < -0.3 is 0 Å². The number of hydrogen-bond acceptors (Lipinski definition) is 4. The van der Waals surface area contributed by atoms with Crippen LogP contribution in [0.3, 0.4) is 0 Å². The first kappa shape index (κ1) is 12.7. The van der Waals surface area contributed by atoms with Gasteiger partial charge in [-0.05, 0) is 27.9 Å². The summed E-state index contributed by atoms with van der Waals surface area (Å²) in [5, 5.41) is 15.3. The smallest absolute Gasteiger partial charge is 0.258 e. The summed E-state index contributed by atoms with van der Waals surface area (Å²) in [5.41, 5.74) is 0.789. The summed E-state index contributed by atoms with van der Waals surface area (Å²) >= 11 is 3.17. The van der Waals surface area contributed by atoms with E-state index in [4.69, 9.17) is 0 Å². The van der Waals surface area contributed by atoms with Crippen LogP contribution in [-0.2, 0) is 0 Å². The van der Waals surface area contributed by atoms with Crippen LogP contribution < -0.4 is 0 Å². The fourth-order valence-corrected chi connectivity index (χ4v) is 1.82. The molecule has 2 heterocycles. The predicted molar refractivity (Wildman–Crippen MR) is 69.8 cm³/mol. The number of nitrogens with zero attached hydrogens (tertiary/aromatic N) is 4. The molecule has 0 spiro atoms. The predicted octanol–water partition coefficient (Wildman–Crippen LogP) is 3.06. The summed E-state index contributed by atoms with van der Waals surface area (Å²) in [6.45, 7) is 4.02. The van der Waals surface area contributed by atoms with Gasteiger partial charge in [0.1, 0.15) is 0 Å². The Balaban J connectivity index is 2.52. The van der Waals surface area contributed by atoms with Crippen molar-refractivity contribution in [3.63, 3.8) is 0 Å². The Morgan fingerprint density at radius 1 is 1.50 bits per heavy atom. The standard InChI is InChI=1S/C11H11BrN4O2/c1-7(2)9-3-4-15(14-9)11-10(16(17)18)5-8(12)6-13-11/h3-7H,1-2H3. The van der Waals surface area contributed by atoms with Crippen LogP contribution in [0.25, 0.3) is 5.82 Å². The van der Waals surface area contributed by atoms with Crippen molar-refractivity contribution in [1.82, 2.24) is 14.8 Å². The van der Waals surface area contributed by atoms with Crippen LogP contribution in [0.5, 0.6) is 0 Å². The molecule has 0 aliphatic heterocycles. The first-order chi connectivity index (χ1) is 8.49. The third-order valence-electron chi connectivity index (χ3n) is 2.43. The van der Waals surface area contributed by atoms with Gasteiger partial charge in [-0.2, -0.15) is 5.10 Å². The number of pyridine rings is 1. The van der Waals surface area contributed by atoms with Crippen LogP contribution in [0.2, 0.25) is 0 Å². The van der Waals surface area contributed by atoms with Gasteiger partial charge in [-0.3, -0.25) is 10.1 Å². The van der Waals surface area contributed by atoms with Crippen LogP contribution in [0.4, 0.5) is 5.69 Å². The van der Waals surface area contributed by atoms with Crippen LogP contribution >= 0.6 is 15.9 Å². The quantitative estimate of drug-likeness (QED) is 0.645. The number of halogens is 1. The first-order valence-electron chi connectivity index (χ1n) is 5.35. The zero-order chi connectivity index (χ0) is 13.3. The molecule has 0 aromatic carbocycles. The third kappa shape index (κ3) is 2.40. The van der Waals surface area contributed by atoms with Crippen molar-refractivity contribution in [2.24, 2.45) is 0 Å². The van der Waals surface area contributed by atoms with E-state index in [1.54, 1.807) is 6.20 Å². The summed E-state index contributed by atoms with van der Waals surface area (Å²) < 4.78 is 1.99. The van der Waals surface area contributed by atoms with Crippen molar-refractivity contribution in [1.29, 1.82) is 0 Å². The Morgan fingerprint density at radius 2 is 2.22 bits per heavy atom. The topological polar surface area (TPSA) is 73.8 Å². The van der Waals surface area contributed by atoms with Crippen LogP contribution in [-0.4, -0.2) is 19.7 Å². The van der Waals surface area contributed by atoms with E-state index in [9.17, 15) is 10.1 Å². The molecule has 0 aliphatic rings. The summed E-state index contributed by atoms with van der Waals surface area (Å²) in [5.74, 6) is 0.482. The molecule has 0 bridgehead atoms. The minimum atomic E-state index is -0.468. The molecule has 0 N–H and O–H groups in total. The summed E-state index contributed by atoms with van der Waals surface area (Å²) in [7, 11) is 0. The lowest BCUT2D eigenvalue weighted by Crippen LogP contribution is -2.04. The van der Waals surface area contributed by atoms with Crippen molar-refractivity contribution in [3.8, 4) is 5.82 Å². The van der Waals surface area contributed by atoms with Gasteiger partial charge in [0.25, 0.3) is 0 Å². The first-order valence-corrected chi connectivity index (χ1v) is 6.14.